The van der Waals surface area contributed by atoms with Crippen molar-refractivity contribution in [3.63, 3.8) is 0 Å². The molecule has 0 radical (unpaired) electrons. The number of fused-ring (bicyclic) bond motifs is 1. The molecule has 132 valence electrons. The molecule has 2 aromatic rings. The van der Waals surface area contributed by atoms with Gasteiger partial charge in [0.05, 0.1) is 28.8 Å². The Morgan fingerprint density at radius 2 is 1.56 bits per heavy atom. The Balaban J connectivity index is 1.74. The lowest BCUT2D eigenvalue weighted by Crippen LogP contribution is -2.66. The first-order chi connectivity index (χ1) is 13.1. The molecule has 1 fully saturated rings. The number of imide groups is 1. The molecule has 0 N–H and O–H groups in total. The molecule has 0 aliphatic carbocycles. The van der Waals surface area contributed by atoms with Crippen molar-refractivity contribution >= 4 is 17.7 Å². The second-order valence-electron chi connectivity index (χ2n) is 6.43. The van der Waals surface area contributed by atoms with Gasteiger partial charge in [0, 0.05) is 6.54 Å². The highest BCUT2D eigenvalue weighted by Gasteiger charge is 2.56. The Kier molecular flexibility index (Phi) is 3.85. The summed E-state index contributed by atoms with van der Waals surface area (Å²) in [5.74, 6) is -1.20. The van der Waals surface area contributed by atoms with Gasteiger partial charge >= 0.3 is 0 Å². The third-order valence-electron chi connectivity index (χ3n) is 4.98. The number of rotatable bonds is 4. The highest BCUT2D eigenvalue weighted by molar-refractivity contribution is 6.23. The molecule has 0 unspecified atom stereocenters. The lowest BCUT2D eigenvalue weighted by atomic mass is 9.86. The second kappa shape index (κ2) is 6.22. The van der Waals surface area contributed by atoms with Crippen LogP contribution in [0.5, 0.6) is 0 Å². The number of carbonyl (C=O) groups excluding carboxylic acids is 3. The number of nitriles is 1. The SMILES string of the molecule is C=CCN1C(=O)[C@H](N2C(=O)c3ccccc3C2=O)[C@@H]1c1ccc(C#N)cc1. The van der Waals surface area contributed by atoms with Crippen LogP contribution in [-0.4, -0.2) is 40.1 Å². The topological polar surface area (TPSA) is 81.5 Å². The highest BCUT2D eigenvalue weighted by atomic mass is 16.2. The van der Waals surface area contributed by atoms with E-state index in [9.17, 15) is 14.4 Å². The van der Waals surface area contributed by atoms with Crippen LogP contribution in [0, 0.1) is 11.3 Å². The summed E-state index contributed by atoms with van der Waals surface area (Å²) in [5, 5.41) is 8.99. The minimum Gasteiger partial charge on any atom is -0.327 e. The molecule has 2 atom stereocenters. The number of carbonyl (C=O) groups is 3. The first-order valence-corrected chi connectivity index (χ1v) is 8.47. The fourth-order valence-corrected chi connectivity index (χ4v) is 3.70. The van der Waals surface area contributed by atoms with Gasteiger partial charge in [-0.1, -0.05) is 30.3 Å². The molecule has 1 saturated heterocycles. The maximum absolute atomic E-state index is 12.8. The van der Waals surface area contributed by atoms with Crippen LogP contribution in [0.15, 0.2) is 61.2 Å². The van der Waals surface area contributed by atoms with Gasteiger partial charge in [-0.3, -0.25) is 19.3 Å². The van der Waals surface area contributed by atoms with E-state index in [1.807, 2.05) is 0 Å². The first-order valence-electron chi connectivity index (χ1n) is 8.47. The number of hydrogen-bond acceptors (Lipinski definition) is 4. The molecule has 6 nitrogen and oxygen atoms in total. The lowest BCUT2D eigenvalue weighted by Gasteiger charge is -2.49. The molecule has 0 aromatic heterocycles. The Bertz CT molecular complexity index is 985. The summed E-state index contributed by atoms with van der Waals surface area (Å²) in [6.45, 7) is 3.98. The van der Waals surface area contributed by atoms with Gasteiger partial charge in [0.1, 0.15) is 6.04 Å². The fraction of sp³-hybridized carbons (Fsp3) is 0.143. The molecule has 2 aromatic carbocycles. The average Bonchev–Trinajstić information content (AvgIpc) is 2.95. The van der Waals surface area contributed by atoms with E-state index in [0.717, 1.165) is 10.5 Å². The summed E-state index contributed by atoms with van der Waals surface area (Å²) in [5.41, 5.74) is 1.89. The van der Waals surface area contributed by atoms with Crippen LogP contribution in [0.2, 0.25) is 0 Å². The zero-order valence-corrected chi connectivity index (χ0v) is 14.3. The minimum atomic E-state index is -0.898. The summed E-state index contributed by atoms with van der Waals surface area (Å²) in [4.78, 5) is 41.0. The number of β-lactam (4-membered cyclic amide) rings is 1. The molecular weight excluding hydrogens is 342 g/mol. The van der Waals surface area contributed by atoms with Crippen LogP contribution in [0.25, 0.3) is 0 Å². The number of likely N-dealkylation sites (tertiary alicyclic amines) is 1. The summed E-state index contributed by atoms with van der Waals surface area (Å²) in [6, 6.07) is 14.1. The Labute approximate surface area is 155 Å². The van der Waals surface area contributed by atoms with Gasteiger partial charge in [-0.2, -0.15) is 5.26 Å². The maximum Gasteiger partial charge on any atom is 0.262 e. The molecule has 0 bridgehead atoms. The lowest BCUT2D eigenvalue weighted by molar-refractivity contribution is -0.155. The van der Waals surface area contributed by atoms with E-state index < -0.39 is 23.9 Å². The van der Waals surface area contributed by atoms with Gasteiger partial charge in [0.25, 0.3) is 11.8 Å². The van der Waals surface area contributed by atoms with E-state index in [1.165, 1.54) is 0 Å². The van der Waals surface area contributed by atoms with Gasteiger partial charge in [-0.25, -0.2) is 0 Å². The van der Waals surface area contributed by atoms with Crippen LogP contribution in [0.4, 0.5) is 0 Å². The van der Waals surface area contributed by atoms with Crippen molar-refractivity contribution in [3.8, 4) is 6.07 Å². The van der Waals surface area contributed by atoms with Gasteiger partial charge in [0.15, 0.2) is 0 Å². The smallest absolute Gasteiger partial charge is 0.262 e. The van der Waals surface area contributed by atoms with Crippen molar-refractivity contribution in [2.24, 2.45) is 0 Å². The van der Waals surface area contributed by atoms with E-state index in [2.05, 4.69) is 12.6 Å². The van der Waals surface area contributed by atoms with Crippen LogP contribution in [-0.2, 0) is 4.79 Å². The fourth-order valence-electron chi connectivity index (χ4n) is 3.70. The van der Waals surface area contributed by atoms with Crippen molar-refractivity contribution in [1.82, 2.24) is 9.80 Å². The van der Waals surface area contributed by atoms with Gasteiger partial charge in [0.2, 0.25) is 5.91 Å². The summed E-state index contributed by atoms with van der Waals surface area (Å²) in [7, 11) is 0. The van der Waals surface area contributed by atoms with Crippen LogP contribution >= 0.6 is 0 Å². The summed E-state index contributed by atoms with van der Waals surface area (Å²) < 4.78 is 0. The second-order valence-corrected chi connectivity index (χ2v) is 6.43. The number of benzene rings is 2. The van der Waals surface area contributed by atoms with Crippen LogP contribution < -0.4 is 0 Å². The molecule has 2 aliphatic heterocycles. The molecule has 2 aliphatic rings. The van der Waals surface area contributed by atoms with Gasteiger partial charge < -0.3 is 4.90 Å². The standard InChI is InChI=1S/C21H15N3O3/c1-2-11-23-17(14-9-7-13(12-22)8-10-14)18(21(23)27)24-19(25)15-5-3-4-6-16(15)20(24)26/h2-10,17-18H,1,11H2/t17-,18+/m0/s1. The number of nitrogens with zero attached hydrogens (tertiary/aromatic N) is 3. The first kappa shape index (κ1) is 16.7. The van der Waals surface area contributed by atoms with E-state index in [0.29, 0.717) is 23.2 Å². The molecule has 27 heavy (non-hydrogen) atoms. The zero-order chi connectivity index (χ0) is 19.1. The molecule has 4 rings (SSSR count). The van der Waals surface area contributed by atoms with Gasteiger partial charge in [-0.15, -0.1) is 6.58 Å². The predicted octanol–water partition coefficient (Wildman–Crippen LogP) is 2.29. The van der Waals surface area contributed by atoms with E-state index in [4.69, 9.17) is 5.26 Å². The monoisotopic (exact) mass is 357 g/mol. The van der Waals surface area contributed by atoms with Crippen molar-refractivity contribution in [2.45, 2.75) is 12.1 Å². The Morgan fingerprint density at radius 1 is 0.963 bits per heavy atom. The quantitative estimate of drug-likeness (QED) is 0.478. The molecule has 3 amide bonds. The Morgan fingerprint density at radius 3 is 2.07 bits per heavy atom. The third-order valence-corrected chi connectivity index (χ3v) is 4.98. The molecule has 0 spiro atoms. The predicted molar refractivity (Wildman–Crippen MR) is 96.5 cm³/mol. The van der Waals surface area contributed by atoms with Crippen molar-refractivity contribution in [1.29, 1.82) is 5.26 Å². The summed E-state index contributed by atoms with van der Waals surface area (Å²) in [6.07, 6.45) is 1.60. The average molecular weight is 357 g/mol. The summed E-state index contributed by atoms with van der Waals surface area (Å²) >= 11 is 0. The number of amides is 3. The van der Waals surface area contributed by atoms with E-state index in [-0.39, 0.29) is 5.91 Å². The van der Waals surface area contributed by atoms with E-state index >= 15 is 0 Å². The van der Waals surface area contributed by atoms with Crippen molar-refractivity contribution in [2.75, 3.05) is 6.54 Å². The molecular formula is C21H15N3O3. The van der Waals surface area contributed by atoms with Crippen LogP contribution in [0.1, 0.15) is 37.9 Å². The highest BCUT2D eigenvalue weighted by Crippen LogP contribution is 2.41. The van der Waals surface area contributed by atoms with Crippen molar-refractivity contribution < 1.29 is 14.4 Å². The molecule has 0 saturated carbocycles. The Hall–Kier alpha value is -3.72. The van der Waals surface area contributed by atoms with E-state index in [1.54, 1.807) is 59.5 Å². The van der Waals surface area contributed by atoms with Crippen molar-refractivity contribution in [3.05, 3.63) is 83.4 Å². The minimum absolute atomic E-state index is 0.293. The maximum atomic E-state index is 12.8. The third kappa shape index (κ3) is 2.36. The normalized spacial score (nSPS) is 20.9. The van der Waals surface area contributed by atoms with Gasteiger partial charge in [-0.05, 0) is 29.8 Å². The van der Waals surface area contributed by atoms with Crippen LogP contribution in [0.3, 0.4) is 0 Å². The zero-order valence-electron chi connectivity index (χ0n) is 14.3. The molecule has 2 heterocycles. The molecule has 6 heteroatoms. The largest absolute Gasteiger partial charge is 0.327 e. The number of hydrogen-bond donors (Lipinski definition) is 0.